The standard InChI is InChI=1S/C18H18Cl2F3N7O2/c1-3-29(4-5-32-2)15-11(8-24-30-9-14(20)28-16(15)30)26-17(31)25-10-6-12(18(21,22)23)27-13(19)7-10/h6-9H,3-5H2,1-2H3,(H2,25,26,27,31). The van der Waals surface area contributed by atoms with Gasteiger partial charge in [-0.15, -0.1) is 0 Å². The van der Waals surface area contributed by atoms with Crippen molar-refractivity contribution >= 4 is 51.9 Å². The quantitative estimate of drug-likeness (QED) is 0.470. The number of methoxy groups -OCH3 is 1. The van der Waals surface area contributed by atoms with Crippen LogP contribution in [0.15, 0.2) is 24.5 Å². The van der Waals surface area contributed by atoms with Gasteiger partial charge in [0.1, 0.15) is 21.7 Å². The molecule has 0 bridgehead atoms. The number of alkyl halides is 3. The zero-order valence-electron chi connectivity index (χ0n) is 16.9. The van der Waals surface area contributed by atoms with E-state index < -0.39 is 23.1 Å². The molecule has 0 radical (unpaired) electrons. The van der Waals surface area contributed by atoms with Crippen molar-refractivity contribution in [1.82, 2.24) is 19.6 Å². The molecular formula is C18H18Cl2F3N7O2. The lowest BCUT2D eigenvalue weighted by molar-refractivity contribution is -0.141. The molecule has 0 aliphatic carbocycles. The number of imidazole rings is 1. The van der Waals surface area contributed by atoms with Gasteiger partial charge in [0, 0.05) is 25.9 Å². The Morgan fingerprint density at radius 1 is 1.22 bits per heavy atom. The second kappa shape index (κ2) is 9.76. The fourth-order valence-corrected chi connectivity index (χ4v) is 3.31. The van der Waals surface area contributed by atoms with Crippen LogP contribution in [0.4, 0.5) is 35.0 Å². The molecule has 0 atom stereocenters. The minimum Gasteiger partial charge on any atom is -0.383 e. The number of anilines is 3. The Balaban J connectivity index is 1.92. The summed E-state index contributed by atoms with van der Waals surface area (Å²) in [4.78, 5) is 22.0. The molecule has 3 rings (SSSR count). The molecule has 0 unspecified atom stereocenters. The number of hydrogen-bond acceptors (Lipinski definition) is 6. The van der Waals surface area contributed by atoms with Gasteiger partial charge in [0.25, 0.3) is 0 Å². The van der Waals surface area contributed by atoms with Crippen LogP contribution < -0.4 is 15.5 Å². The molecule has 3 aromatic rings. The van der Waals surface area contributed by atoms with Gasteiger partial charge in [-0.2, -0.15) is 18.3 Å². The van der Waals surface area contributed by atoms with Gasteiger partial charge < -0.3 is 20.3 Å². The Morgan fingerprint density at radius 2 is 1.97 bits per heavy atom. The smallest absolute Gasteiger partial charge is 0.383 e. The highest BCUT2D eigenvalue weighted by atomic mass is 35.5. The summed E-state index contributed by atoms with van der Waals surface area (Å²) in [6.45, 7) is 3.32. The first-order valence-corrected chi connectivity index (χ1v) is 9.98. The molecule has 172 valence electrons. The van der Waals surface area contributed by atoms with Gasteiger partial charge >= 0.3 is 12.2 Å². The molecule has 14 heteroatoms. The lowest BCUT2D eigenvalue weighted by atomic mass is 10.3. The maximum absolute atomic E-state index is 13.0. The predicted molar refractivity (Wildman–Crippen MR) is 115 cm³/mol. The molecule has 2 N–H and O–H groups in total. The summed E-state index contributed by atoms with van der Waals surface area (Å²) < 4.78 is 45.5. The summed E-state index contributed by atoms with van der Waals surface area (Å²) in [6.07, 6.45) is -1.83. The van der Waals surface area contributed by atoms with Crippen molar-refractivity contribution in [2.75, 3.05) is 42.3 Å². The Morgan fingerprint density at radius 3 is 2.62 bits per heavy atom. The number of hydrogen-bond donors (Lipinski definition) is 2. The number of amides is 2. The third-order valence-electron chi connectivity index (χ3n) is 4.29. The van der Waals surface area contributed by atoms with Crippen LogP contribution in [0.2, 0.25) is 10.3 Å². The molecule has 0 spiro atoms. The van der Waals surface area contributed by atoms with Gasteiger partial charge in [-0.25, -0.2) is 19.3 Å². The van der Waals surface area contributed by atoms with E-state index >= 15 is 0 Å². The van der Waals surface area contributed by atoms with Crippen LogP contribution >= 0.6 is 23.2 Å². The second-order valence-electron chi connectivity index (χ2n) is 6.45. The first-order chi connectivity index (χ1) is 15.1. The van der Waals surface area contributed by atoms with E-state index in [2.05, 4.69) is 25.7 Å². The van der Waals surface area contributed by atoms with E-state index in [-0.39, 0.29) is 16.5 Å². The molecule has 9 nitrogen and oxygen atoms in total. The topological polar surface area (TPSA) is 96.7 Å². The van der Waals surface area contributed by atoms with Crippen molar-refractivity contribution in [3.05, 3.63) is 40.5 Å². The number of nitrogens with one attached hydrogen (secondary N) is 2. The Bertz CT molecular complexity index is 1120. The normalized spacial score (nSPS) is 11.6. The van der Waals surface area contributed by atoms with Crippen LogP contribution in [0.3, 0.4) is 0 Å². The van der Waals surface area contributed by atoms with Gasteiger partial charge in [0.15, 0.2) is 5.65 Å². The lowest BCUT2D eigenvalue weighted by Gasteiger charge is -2.25. The van der Waals surface area contributed by atoms with Crippen LogP contribution in [-0.2, 0) is 10.9 Å². The van der Waals surface area contributed by atoms with E-state index in [4.69, 9.17) is 27.9 Å². The van der Waals surface area contributed by atoms with Gasteiger partial charge in [-0.3, -0.25) is 0 Å². The summed E-state index contributed by atoms with van der Waals surface area (Å²) in [5.74, 6) is 0. The number of halogens is 5. The molecule has 3 aromatic heterocycles. The van der Waals surface area contributed by atoms with Crippen molar-refractivity contribution in [2.24, 2.45) is 0 Å². The summed E-state index contributed by atoms with van der Waals surface area (Å²) in [6, 6.07) is 0.969. The second-order valence-corrected chi connectivity index (χ2v) is 7.23. The van der Waals surface area contributed by atoms with E-state index in [1.54, 1.807) is 7.11 Å². The minimum absolute atomic E-state index is 0.180. The van der Waals surface area contributed by atoms with Gasteiger partial charge in [0.2, 0.25) is 0 Å². The van der Waals surface area contributed by atoms with E-state index in [1.165, 1.54) is 16.9 Å². The SMILES string of the molecule is CCN(CCOC)c1c(NC(=O)Nc2cc(Cl)nc(C(F)(F)F)c2)cnn2cc(Cl)nc12. The fraction of sp³-hybridized carbons (Fsp3) is 0.333. The number of carbonyl (C=O) groups is 1. The number of ether oxygens (including phenoxy) is 1. The molecule has 0 aliphatic rings. The number of urea groups is 1. The minimum atomic E-state index is -4.72. The van der Waals surface area contributed by atoms with Crippen LogP contribution in [0.5, 0.6) is 0 Å². The van der Waals surface area contributed by atoms with Crippen LogP contribution in [-0.4, -0.2) is 52.4 Å². The number of likely N-dealkylation sites (N-methyl/N-ethyl adjacent to an activating group) is 1. The Kier molecular flexibility index (Phi) is 7.26. The van der Waals surface area contributed by atoms with Crippen molar-refractivity contribution in [3.8, 4) is 0 Å². The van der Waals surface area contributed by atoms with Gasteiger partial charge in [0.05, 0.1) is 24.7 Å². The number of fused-ring (bicyclic) bond motifs is 1. The Labute approximate surface area is 190 Å². The van der Waals surface area contributed by atoms with E-state index in [0.29, 0.717) is 37.1 Å². The molecule has 0 aromatic carbocycles. The molecule has 3 heterocycles. The van der Waals surface area contributed by atoms with Crippen molar-refractivity contribution in [2.45, 2.75) is 13.1 Å². The van der Waals surface area contributed by atoms with Gasteiger partial charge in [-0.1, -0.05) is 23.2 Å². The van der Waals surface area contributed by atoms with Crippen molar-refractivity contribution in [1.29, 1.82) is 0 Å². The maximum atomic E-state index is 13.0. The molecule has 0 aliphatic heterocycles. The highest BCUT2D eigenvalue weighted by Crippen LogP contribution is 2.32. The molecular weight excluding hydrogens is 474 g/mol. The summed E-state index contributed by atoms with van der Waals surface area (Å²) in [5.41, 5.74) is -0.234. The highest BCUT2D eigenvalue weighted by molar-refractivity contribution is 6.30. The monoisotopic (exact) mass is 491 g/mol. The van der Waals surface area contributed by atoms with Gasteiger partial charge in [-0.05, 0) is 19.1 Å². The number of carbonyl (C=O) groups excluding carboxylic acids is 1. The average Bonchev–Trinajstić information content (AvgIpc) is 3.08. The number of rotatable bonds is 7. The molecule has 32 heavy (non-hydrogen) atoms. The third-order valence-corrected chi connectivity index (χ3v) is 4.67. The summed E-state index contributed by atoms with van der Waals surface area (Å²) in [7, 11) is 1.56. The first-order valence-electron chi connectivity index (χ1n) is 9.23. The fourth-order valence-electron chi connectivity index (χ4n) is 2.93. The van der Waals surface area contributed by atoms with Crippen molar-refractivity contribution in [3.63, 3.8) is 0 Å². The number of aromatic nitrogens is 4. The summed E-state index contributed by atoms with van der Waals surface area (Å²) >= 11 is 11.7. The zero-order chi connectivity index (χ0) is 23.5. The van der Waals surface area contributed by atoms with E-state index in [0.717, 1.165) is 6.07 Å². The number of nitrogens with zero attached hydrogens (tertiary/aromatic N) is 5. The molecule has 0 fully saturated rings. The molecule has 0 saturated carbocycles. The molecule has 2 amide bonds. The third kappa shape index (κ3) is 5.50. The van der Waals surface area contributed by atoms with E-state index in [9.17, 15) is 18.0 Å². The highest BCUT2D eigenvalue weighted by Gasteiger charge is 2.33. The zero-order valence-corrected chi connectivity index (χ0v) is 18.4. The van der Waals surface area contributed by atoms with Crippen molar-refractivity contribution < 1.29 is 22.7 Å². The van der Waals surface area contributed by atoms with Crippen LogP contribution in [0, 0.1) is 0 Å². The summed E-state index contributed by atoms with van der Waals surface area (Å²) in [5, 5.41) is 8.88. The average molecular weight is 492 g/mol. The number of pyridine rings is 1. The molecule has 0 saturated heterocycles. The predicted octanol–water partition coefficient (Wildman–Crippen LogP) is 4.57. The lowest BCUT2D eigenvalue weighted by Crippen LogP contribution is -2.30. The van der Waals surface area contributed by atoms with Crippen LogP contribution in [0.1, 0.15) is 12.6 Å². The van der Waals surface area contributed by atoms with Crippen LogP contribution in [0.25, 0.3) is 5.65 Å². The maximum Gasteiger partial charge on any atom is 0.433 e. The first kappa shape index (κ1) is 23.8. The van der Waals surface area contributed by atoms with E-state index in [1.807, 2.05) is 11.8 Å². The Hall–Kier alpha value is -2.83. The largest absolute Gasteiger partial charge is 0.433 e.